The lowest BCUT2D eigenvalue weighted by Crippen LogP contribution is -2.41. The molecule has 50 heavy (non-hydrogen) atoms. The lowest BCUT2D eigenvalue weighted by atomic mass is 10.0. The van der Waals surface area contributed by atoms with Crippen LogP contribution in [0.1, 0.15) is 78.5 Å². The number of fused-ring (bicyclic) bond motifs is 1. The van der Waals surface area contributed by atoms with E-state index in [0.29, 0.717) is 54.0 Å². The molecule has 0 atom stereocenters. The molecule has 0 unspecified atom stereocenters. The van der Waals surface area contributed by atoms with Crippen LogP contribution < -0.4 is 15.2 Å². The molecule has 0 bridgehead atoms. The number of anilines is 1. The first-order valence-corrected chi connectivity index (χ1v) is 17.4. The van der Waals surface area contributed by atoms with Gasteiger partial charge in [-0.25, -0.2) is 14.6 Å². The molecule has 0 aliphatic rings. The highest BCUT2D eigenvalue weighted by molar-refractivity contribution is 5.94. The number of hydrogen-bond donors (Lipinski definition) is 1. The Bertz CT molecular complexity index is 2010. The number of aromatic nitrogens is 2. The number of hydrogen-bond acceptors (Lipinski definition) is 5. The molecule has 1 N–H and O–H groups in total. The van der Waals surface area contributed by atoms with Crippen LogP contribution in [0.25, 0.3) is 10.9 Å². The molecule has 0 spiro atoms. The van der Waals surface area contributed by atoms with E-state index in [1.165, 1.54) is 0 Å². The van der Waals surface area contributed by atoms with Crippen LogP contribution in [0.2, 0.25) is 0 Å². The number of urea groups is 1. The number of nitrogens with zero attached hydrogens (tertiary/aromatic N) is 4. The zero-order valence-corrected chi connectivity index (χ0v) is 29.4. The Labute approximate surface area is 293 Å². The van der Waals surface area contributed by atoms with E-state index >= 15 is 0 Å². The molecular weight excluding hydrogens is 628 g/mol. The maximum absolute atomic E-state index is 14.4. The molecule has 260 valence electrons. The van der Waals surface area contributed by atoms with Crippen LogP contribution in [0.5, 0.6) is 5.75 Å². The molecule has 0 aliphatic carbocycles. The molecule has 0 saturated carbocycles. The van der Waals surface area contributed by atoms with Crippen LogP contribution in [0.15, 0.2) is 95.8 Å². The predicted octanol–water partition coefficient (Wildman–Crippen LogP) is 8.10. The third-order valence-corrected chi connectivity index (χ3v) is 8.91. The van der Waals surface area contributed by atoms with E-state index in [9.17, 15) is 19.5 Å². The van der Waals surface area contributed by atoms with E-state index in [-0.39, 0.29) is 23.8 Å². The van der Waals surface area contributed by atoms with Gasteiger partial charge in [-0.15, -0.1) is 0 Å². The molecule has 1 heterocycles. The summed E-state index contributed by atoms with van der Waals surface area (Å²) < 4.78 is 7.93. The molecule has 2 amide bonds. The van der Waals surface area contributed by atoms with Gasteiger partial charge >= 0.3 is 12.0 Å². The normalized spacial score (nSPS) is 11.0. The summed E-state index contributed by atoms with van der Waals surface area (Å²) in [6.07, 6.45) is 4.17. The monoisotopic (exact) mass is 674 g/mol. The fourth-order valence-corrected chi connectivity index (χ4v) is 6.02. The van der Waals surface area contributed by atoms with Crippen molar-refractivity contribution >= 4 is 28.6 Å². The summed E-state index contributed by atoms with van der Waals surface area (Å²) in [4.78, 5) is 48.0. The summed E-state index contributed by atoms with van der Waals surface area (Å²) in [7, 11) is 1.77. The third kappa shape index (κ3) is 8.40. The summed E-state index contributed by atoms with van der Waals surface area (Å²) in [6, 6.07) is 28.0. The molecule has 9 nitrogen and oxygen atoms in total. The summed E-state index contributed by atoms with van der Waals surface area (Å²) >= 11 is 0. The van der Waals surface area contributed by atoms with Crippen LogP contribution in [0, 0.1) is 0 Å². The SMILES string of the molecule is CCCCc1nc2ccc(N(Cc3ccccc3)C(=O)N(C)CC)cc2c(=O)n1Cc1ccc(OCc2ccccc2C(=O)O)c(CCC)c1. The van der Waals surface area contributed by atoms with E-state index in [4.69, 9.17) is 9.72 Å². The Morgan fingerprint density at radius 3 is 2.32 bits per heavy atom. The van der Waals surface area contributed by atoms with E-state index in [1.807, 2.05) is 61.5 Å². The van der Waals surface area contributed by atoms with Gasteiger partial charge in [-0.1, -0.05) is 87.4 Å². The summed E-state index contributed by atoms with van der Waals surface area (Å²) in [5.74, 6) is 0.427. The molecule has 9 heteroatoms. The Balaban J connectivity index is 1.51. The fourth-order valence-electron chi connectivity index (χ4n) is 6.02. The second kappa shape index (κ2) is 16.8. The first-order chi connectivity index (χ1) is 24.2. The van der Waals surface area contributed by atoms with Gasteiger partial charge in [0.1, 0.15) is 18.2 Å². The van der Waals surface area contributed by atoms with Crippen LogP contribution in [0.4, 0.5) is 10.5 Å². The van der Waals surface area contributed by atoms with Gasteiger partial charge in [0.2, 0.25) is 0 Å². The van der Waals surface area contributed by atoms with Crippen molar-refractivity contribution in [2.75, 3.05) is 18.5 Å². The number of carboxylic acids is 1. The number of ether oxygens (including phenoxy) is 1. The third-order valence-electron chi connectivity index (χ3n) is 8.91. The molecular formula is C41H46N4O5. The van der Waals surface area contributed by atoms with E-state index < -0.39 is 5.97 Å². The lowest BCUT2D eigenvalue weighted by Gasteiger charge is -2.28. The average molecular weight is 675 g/mol. The lowest BCUT2D eigenvalue weighted by molar-refractivity contribution is 0.0694. The van der Waals surface area contributed by atoms with Crippen molar-refractivity contribution in [2.24, 2.45) is 0 Å². The van der Waals surface area contributed by atoms with Gasteiger partial charge in [-0.2, -0.15) is 0 Å². The molecule has 5 aromatic rings. The van der Waals surface area contributed by atoms with Crippen LogP contribution in [-0.4, -0.2) is 45.2 Å². The highest BCUT2D eigenvalue weighted by atomic mass is 16.5. The topological polar surface area (TPSA) is 105 Å². The van der Waals surface area contributed by atoms with E-state index in [2.05, 4.69) is 19.9 Å². The second-order valence-corrected chi connectivity index (χ2v) is 12.5. The number of aryl methyl sites for hydroxylation is 2. The predicted molar refractivity (Wildman–Crippen MR) is 198 cm³/mol. The summed E-state index contributed by atoms with van der Waals surface area (Å²) in [5, 5.41) is 10.1. The largest absolute Gasteiger partial charge is 0.489 e. The zero-order chi connectivity index (χ0) is 35.6. The van der Waals surface area contributed by atoms with Crippen molar-refractivity contribution in [3.63, 3.8) is 0 Å². The van der Waals surface area contributed by atoms with Crippen molar-refractivity contribution in [3.05, 3.63) is 135 Å². The Hall–Kier alpha value is -5.44. The van der Waals surface area contributed by atoms with Crippen molar-refractivity contribution in [1.82, 2.24) is 14.5 Å². The number of carbonyl (C=O) groups excluding carboxylic acids is 1. The standard InChI is InChI=1S/C41H46N4O5/c1-5-8-19-38-42-36-22-21-33(44(41(49)43(4)7-3)26-29-15-10-9-11-16-29)25-35(36)39(46)45(38)27-30-20-23-37(31(24-30)14-6-2)50-28-32-17-12-13-18-34(32)40(47)48/h9-13,15-18,20-25H,5-8,14,19,26-28H2,1-4H3,(H,47,48). The van der Waals surface area contributed by atoms with Gasteiger partial charge in [0.15, 0.2) is 0 Å². The minimum absolute atomic E-state index is 0.133. The molecule has 1 aromatic heterocycles. The molecule has 4 aromatic carbocycles. The molecule has 5 rings (SSSR count). The van der Waals surface area contributed by atoms with Crippen molar-refractivity contribution in [2.45, 2.75) is 72.6 Å². The van der Waals surface area contributed by atoms with Crippen LogP contribution in [0.3, 0.4) is 0 Å². The van der Waals surface area contributed by atoms with Gasteiger partial charge in [0, 0.05) is 31.3 Å². The Morgan fingerprint density at radius 2 is 1.60 bits per heavy atom. The van der Waals surface area contributed by atoms with Crippen LogP contribution in [-0.2, 0) is 32.5 Å². The van der Waals surface area contributed by atoms with Gasteiger partial charge < -0.3 is 14.7 Å². The molecule has 0 aliphatic heterocycles. The fraction of sp³-hybridized carbons (Fsp3) is 0.317. The maximum atomic E-state index is 14.4. The van der Waals surface area contributed by atoms with Gasteiger partial charge in [-0.3, -0.25) is 14.3 Å². The average Bonchev–Trinajstić information content (AvgIpc) is 3.13. The zero-order valence-electron chi connectivity index (χ0n) is 29.4. The number of rotatable bonds is 15. The number of carboxylic acid groups (broad SMARTS) is 1. The Morgan fingerprint density at radius 1 is 0.840 bits per heavy atom. The highest BCUT2D eigenvalue weighted by Gasteiger charge is 2.21. The number of unbranched alkanes of at least 4 members (excludes halogenated alkanes) is 1. The maximum Gasteiger partial charge on any atom is 0.336 e. The van der Waals surface area contributed by atoms with Gasteiger partial charge in [-0.05, 0) is 66.8 Å². The molecule has 0 fully saturated rings. The quantitative estimate of drug-likeness (QED) is 0.120. The molecule has 0 radical (unpaired) electrons. The number of amides is 2. The van der Waals surface area contributed by atoms with E-state index in [1.54, 1.807) is 51.7 Å². The van der Waals surface area contributed by atoms with E-state index in [0.717, 1.165) is 48.2 Å². The minimum Gasteiger partial charge on any atom is -0.489 e. The second-order valence-electron chi connectivity index (χ2n) is 12.5. The van der Waals surface area contributed by atoms with Crippen molar-refractivity contribution in [3.8, 4) is 5.75 Å². The Kier molecular flexibility index (Phi) is 12.0. The van der Waals surface area contributed by atoms with Gasteiger partial charge in [0.05, 0.1) is 29.6 Å². The van der Waals surface area contributed by atoms with Crippen molar-refractivity contribution < 1.29 is 19.4 Å². The smallest absolute Gasteiger partial charge is 0.336 e. The highest BCUT2D eigenvalue weighted by Crippen LogP contribution is 2.26. The summed E-state index contributed by atoms with van der Waals surface area (Å²) in [5.41, 5.74) is 4.83. The first-order valence-electron chi connectivity index (χ1n) is 17.4. The number of carbonyl (C=O) groups is 2. The summed E-state index contributed by atoms with van der Waals surface area (Å²) in [6.45, 7) is 7.52. The minimum atomic E-state index is -0.988. The number of aromatic carboxylic acids is 1. The van der Waals surface area contributed by atoms with Crippen LogP contribution >= 0.6 is 0 Å². The first kappa shape index (κ1) is 35.9. The number of benzene rings is 4. The molecule has 0 saturated heterocycles. The van der Waals surface area contributed by atoms with Crippen molar-refractivity contribution in [1.29, 1.82) is 0 Å². The van der Waals surface area contributed by atoms with Gasteiger partial charge in [0.25, 0.3) is 5.56 Å².